The first-order valence-electron chi connectivity index (χ1n) is 20.0. The number of nitrogens with one attached hydrogen (secondary N) is 1. The van der Waals surface area contributed by atoms with Crippen LogP contribution in [0, 0.1) is 0 Å². The number of carbonyl (C=O) groups excluding carboxylic acids is 3. The molecule has 304 valence electrons. The van der Waals surface area contributed by atoms with Crippen molar-refractivity contribution in [2.75, 3.05) is 26.9 Å². The second kappa shape index (κ2) is 19.4. The van der Waals surface area contributed by atoms with E-state index in [9.17, 15) is 19.5 Å². The molecule has 2 aliphatic rings. The van der Waals surface area contributed by atoms with Gasteiger partial charge in [-0.2, -0.15) is 0 Å². The third-order valence-corrected chi connectivity index (χ3v) is 13.2. The number of aliphatic hydroxyl groups is 1. The van der Waals surface area contributed by atoms with Crippen molar-refractivity contribution in [3.05, 3.63) is 99.9 Å². The van der Waals surface area contributed by atoms with E-state index in [2.05, 4.69) is 65.2 Å². The Hall–Kier alpha value is -4.30. The molecular formula is C44H55BrN4O7Si. The lowest BCUT2D eigenvalue weighted by Gasteiger charge is -2.29. The molecule has 2 unspecified atom stereocenters. The zero-order valence-corrected chi connectivity index (χ0v) is 36.1. The minimum absolute atomic E-state index is 0.00932. The molecule has 0 radical (unpaired) electrons. The molecular weight excluding hydrogens is 804 g/mol. The molecule has 1 aliphatic carbocycles. The Morgan fingerprint density at radius 2 is 1.65 bits per heavy atom. The van der Waals surface area contributed by atoms with Gasteiger partial charge in [-0.05, 0) is 66.1 Å². The van der Waals surface area contributed by atoms with Crippen LogP contribution >= 0.6 is 15.9 Å². The van der Waals surface area contributed by atoms with Crippen LogP contribution in [0.25, 0.3) is 22.4 Å². The Kier molecular flexibility index (Phi) is 14.4. The Bertz CT molecular complexity index is 1970. The van der Waals surface area contributed by atoms with E-state index in [1.165, 1.54) is 29.4 Å². The Balaban J connectivity index is 1.09. The highest BCUT2D eigenvalue weighted by atomic mass is 79.9. The second-order valence-electron chi connectivity index (χ2n) is 16.1. The van der Waals surface area contributed by atoms with E-state index >= 15 is 0 Å². The summed E-state index contributed by atoms with van der Waals surface area (Å²) in [5.41, 5.74) is 6.85. The predicted molar refractivity (Wildman–Crippen MR) is 226 cm³/mol. The maximum atomic E-state index is 14.4. The standard InChI is InChI=1S/C44H55BrN4O7Si/c1-54-44(53)46-37(17-6-5-7-19-40(51)56-28-36-34-15-10-8-13-32(34)33-14-9-11-16-35(33)36)43(52)48-24-12-18-38(48)42-47-41(30-20-22-31(45)23-21-30)39(27-50)49(42)29-55-25-26-57(2,3)4/h8-11,13-16,20-23,36-38,50H,5-7,12,17-19,24-29H2,1-4H3,(H,46,53). The number of unbranched alkanes of at least 4 members (excludes halogenated alkanes) is 2. The monoisotopic (exact) mass is 858 g/mol. The Morgan fingerprint density at radius 1 is 0.965 bits per heavy atom. The quantitative estimate of drug-likeness (QED) is 0.0577. The molecule has 2 heterocycles. The van der Waals surface area contributed by atoms with Crippen LogP contribution in [0.15, 0.2) is 77.3 Å². The number of imidazole rings is 1. The van der Waals surface area contributed by atoms with Gasteiger partial charge in [0.2, 0.25) is 5.91 Å². The number of methoxy groups -OCH3 is 1. The van der Waals surface area contributed by atoms with Crippen molar-refractivity contribution in [3.8, 4) is 22.4 Å². The number of halogens is 1. The molecule has 2 atom stereocenters. The number of hydrogen-bond donors (Lipinski definition) is 2. The lowest BCUT2D eigenvalue weighted by Crippen LogP contribution is -2.48. The third kappa shape index (κ3) is 10.4. The summed E-state index contributed by atoms with van der Waals surface area (Å²) in [4.78, 5) is 46.6. The fourth-order valence-electron chi connectivity index (χ4n) is 7.88. The number of fused-ring (bicyclic) bond motifs is 3. The lowest BCUT2D eigenvalue weighted by molar-refractivity contribution is -0.144. The molecule has 57 heavy (non-hydrogen) atoms. The molecule has 1 saturated heterocycles. The van der Waals surface area contributed by atoms with Gasteiger partial charge in [-0.1, -0.05) is 109 Å². The number of hydrogen-bond acceptors (Lipinski definition) is 8. The van der Waals surface area contributed by atoms with E-state index in [0.29, 0.717) is 62.5 Å². The lowest BCUT2D eigenvalue weighted by atomic mass is 9.98. The summed E-state index contributed by atoms with van der Waals surface area (Å²) >= 11 is 3.51. The molecule has 0 saturated carbocycles. The number of alkyl carbamates (subject to hydrolysis) is 1. The smallest absolute Gasteiger partial charge is 0.407 e. The highest BCUT2D eigenvalue weighted by Gasteiger charge is 2.38. The number of esters is 1. The van der Waals surface area contributed by atoms with Gasteiger partial charge in [0.1, 0.15) is 25.2 Å². The summed E-state index contributed by atoms with van der Waals surface area (Å²) in [5.74, 6) is 0.192. The van der Waals surface area contributed by atoms with Crippen LogP contribution in [0.3, 0.4) is 0 Å². The number of aliphatic hydroxyl groups excluding tert-OH is 1. The van der Waals surface area contributed by atoms with Crippen LogP contribution in [0.2, 0.25) is 25.7 Å². The number of likely N-dealkylation sites (tertiary alicyclic amines) is 1. The van der Waals surface area contributed by atoms with Crippen LogP contribution in [0.5, 0.6) is 0 Å². The van der Waals surface area contributed by atoms with Gasteiger partial charge in [0.05, 0.1) is 31.1 Å². The first-order chi connectivity index (χ1) is 27.5. The number of nitrogens with zero attached hydrogens (tertiary/aromatic N) is 3. The third-order valence-electron chi connectivity index (χ3n) is 10.9. The van der Waals surface area contributed by atoms with Crippen LogP contribution in [-0.2, 0) is 37.1 Å². The van der Waals surface area contributed by atoms with Crippen molar-refractivity contribution in [3.63, 3.8) is 0 Å². The molecule has 1 fully saturated rings. The van der Waals surface area contributed by atoms with Crippen LogP contribution in [0.1, 0.15) is 79.6 Å². The highest BCUT2D eigenvalue weighted by Crippen LogP contribution is 2.44. The molecule has 4 aromatic rings. The molecule has 1 aliphatic heterocycles. The molecule has 0 bridgehead atoms. The topological polar surface area (TPSA) is 132 Å². The summed E-state index contributed by atoms with van der Waals surface area (Å²) in [6.07, 6.45) is 3.28. The fraction of sp³-hybridized carbons (Fsp3) is 0.455. The summed E-state index contributed by atoms with van der Waals surface area (Å²) in [6, 6.07) is 24.1. The van der Waals surface area contributed by atoms with Crippen molar-refractivity contribution in [1.82, 2.24) is 19.8 Å². The van der Waals surface area contributed by atoms with Gasteiger partial charge >= 0.3 is 12.1 Å². The number of ether oxygens (including phenoxy) is 3. The van der Waals surface area contributed by atoms with Crippen LogP contribution in [-0.4, -0.2) is 78.5 Å². The van der Waals surface area contributed by atoms with E-state index in [4.69, 9.17) is 19.2 Å². The SMILES string of the molecule is COC(=O)NC(CCCCCC(=O)OCC1c2ccccc2-c2ccccc21)C(=O)N1CCCC1c1nc(-c2ccc(Br)cc2)c(CO)n1COCC[Si](C)(C)C. The Morgan fingerprint density at radius 3 is 2.30 bits per heavy atom. The van der Waals surface area contributed by atoms with Crippen molar-refractivity contribution in [2.24, 2.45) is 0 Å². The first-order valence-corrected chi connectivity index (χ1v) is 24.5. The average Bonchev–Trinajstić information content (AvgIpc) is 3.92. The second-order valence-corrected chi connectivity index (χ2v) is 22.6. The zero-order chi connectivity index (χ0) is 40.5. The van der Waals surface area contributed by atoms with Gasteiger partial charge in [0.15, 0.2) is 0 Å². The van der Waals surface area contributed by atoms with Crippen LogP contribution < -0.4 is 5.32 Å². The minimum atomic E-state index is -1.34. The normalized spacial score (nSPS) is 15.6. The van der Waals surface area contributed by atoms with E-state index < -0.39 is 20.2 Å². The molecule has 1 aromatic heterocycles. The van der Waals surface area contributed by atoms with E-state index in [1.807, 2.05) is 53.1 Å². The number of aromatic nitrogens is 2. The highest BCUT2D eigenvalue weighted by molar-refractivity contribution is 9.10. The maximum Gasteiger partial charge on any atom is 0.407 e. The van der Waals surface area contributed by atoms with Crippen molar-refractivity contribution < 1.29 is 33.7 Å². The summed E-state index contributed by atoms with van der Waals surface area (Å²) in [6.45, 7) is 8.22. The van der Waals surface area contributed by atoms with Crippen molar-refractivity contribution in [2.45, 2.75) is 102 Å². The van der Waals surface area contributed by atoms with Gasteiger partial charge < -0.3 is 34.1 Å². The summed E-state index contributed by atoms with van der Waals surface area (Å²) in [5, 5.41) is 13.5. The molecule has 6 rings (SSSR count). The van der Waals surface area contributed by atoms with Gasteiger partial charge in [-0.15, -0.1) is 0 Å². The first kappa shape index (κ1) is 42.3. The van der Waals surface area contributed by atoms with Gasteiger partial charge in [0, 0.05) is 43.6 Å². The van der Waals surface area contributed by atoms with Gasteiger partial charge in [-0.3, -0.25) is 9.59 Å². The van der Waals surface area contributed by atoms with E-state index in [-0.39, 0.29) is 50.2 Å². The molecule has 2 N–H and O–H groups in total. The zero-order valence-electron chi connectivity index (χ0n) is 33.5. The number of benzene rings is 3. The Labute approximate surface area is 345 Å². The number of amides is 2. The molecule has 0 spiro atoms. The fourth-order valence-corrected chi connectivity index (χ4v) is 8.90. The summed E-state index contributed by atoms with van der Waals surface area (Å²) in [7, 11) is -0.0609. The molecule has 2 amide bonds. The van der Waals surface area contributed by atoms with Gasteiger partial charge in [0.25, 0.3) is 0 Å². The molecule has 3 aromatic carbocycles. The summed E-state index contributed by atoms with van der Waals surface area (Å²) < 4.78 is 19.8. The molecule has 13 heteroatoms. The van der Waals surface area contributed by atoms with Gasteiger partial charge in [-0.25, -0.2) is 9.78 Å². The predicted octanol–water partition coefficient (Wildman–Crippen LogP) is 8.81. The largest absolute Gasteiger partial charge is 0.465 e. The average molecular weight is 860 g/mol. The minimum Gasteiger partial charge on any atom is -0.465 e. The van der Waals surface area contributed by atoms with E-state index in [1.54, 1.807) is 4.90 Å². The maximum absolute atomic E-state index is 14.4. The van der Waals surface area contributed by atoms with E-state index in [0.717, 1.165) is 22.5 Å². The van der Waals surface area contributed by atoms with Crippen molar-refractivity contribution in [1.29, 1.82) is 0 Å². The van der Waals surface area contributed by atoms with Crippen LogP contribution in [0.4, 0.5) is 4.79 Å². The molecule has 11 nitrogen and oxygen atoms in total. The van der Waals surface area contributed by atoms with Crippen molar-refractivity contribution >= 4 is 42.0 Å². The number of carbonyl (C=O) groups is 3. The number of rotatable bonds is 18.